The van der Waals surface area contributed by atoms with Crippen molar-refractivity contribution in [1.82, 2.24) is 0 Å². The fourth-order valence-corrected chi connectivity index (χ4v) is 4.14. The van der Waals surface area contributed by atoms with Crippen LogP contribution in [0.5, 0.6) is 5.75 Å². The summed E-state index contributed by atoms with van der Waals surface area (Å²) >= 11 is 0. The molecule has 4 aromatic carbocycles. The predicted octanol–water partition coefficient (Wildman–Crippen LogP) is 8.68. The molecule has 0 heterocycles. The second-order valence-corrected chi connectivity index (χ2v) is 8.68. The third kappa shape index (κ3) is 5.30. The van der Waals surface area contributed by atoms with Crippen LogP contribution in [0.25, 0.3) is 10.8 Å². The summed E-state index contributed by atoms with van der Waals surface area (Å²) in [6.45, 7) is 1.71. The summed E-state index contributed by atoms with van der Waals surface area (Å²) in [6, 6.07) is 7.26. The largest absolute Gasteiger partial charge is 0.429 e. The fourth-order valence-electron chi connectivity index (χ4n) is 4.14. The zero-order valence-electron chi connectivity index (χ0n) is 19.8. The van der Waals surface area contributed by atoms with Gasteiger partial charge in [-0.15, -0.1) is 0 Å². The molecule has 4 aromatic rings. The zero-order chi connectivity index (χ0) is 27.8. The minimum atomic E-state index is -4.31. The van der Waals surface area contributed by atoms with Crippen LogP contribution in [0.4, 0.5) is 39.5 Å². The molecule has 0 aliphatic carbocycles. The Kier molecular flexibility index (Phi) is 7.62. The molecule has 0 radical (unpaired) electrons. The highest BCUT2D eigenvalue weighted by Gasteiger charge is 2.39. The quantitative estimate of drug-likeness (QED) is 0.160. The topological polar surface area (TPSA) is 9.23 Å². The first kappa shape index (κ1) is 27.3. The van der Waals surface area contributed by atoms with Crippen LogP contribution in [0.15, 0.2) is 48.5 Å². The molecular formula is C28H19F9O. The fraction of sp³-hybridized carbons (Fsp3) is 0.214. The van der Waals surface area contributed by atoms with E-state index in [-0.39, 0.29) is 41.3 Å². The van der Waals surface area contributed by atoms with Crippen molar-refractivity contribution in [3.8, 4) is 5.75 Å². The average molecular weight is 542 g/mol. The Hall–Kier alpha value is -3.69. The Bertz CT molecular complexity index is 1510. The van der Waals surface area contributed by atoms with Crippen molar-refractivity contribution in [2.45, 2.75) is 38.7 Å². The van der Waals surface area contributed by atoms with Gasteiger partial charge in [0, 0.05) is 6.07 Å². The van der Waals surface area contributed by atoms with Crippen molar-refractivity contribution >= 4 is 10.8 Å². The summed E-state index contributed by atoms with van der Waals surface area (Å²) in [5.74, 6) is -10.9. The molecule has 0 saturated carbocycles. The number of hydrogen-bond donors (Lipinski definition) is 0. The van der Waals surface area contributed by atoms with Crippen LogP contribution in [-0.4, -0.2) is 0 Å². The number of ether oxygens (including phenoxy) is 1. The van der Waals surface area contributed by atoms with E-state index in [2.05, 4.69) is 4.74 Å². The minimum Gasteiger partial charge on any atom is -0.429 e. The van der Waals surface area contributed by atoms with E-state index in [0.29, 0.717) is 24.6 Å². The van der Waals surface area contributed by atoms with Crippen molar-refractivity contribution in [3.63, 3.8) is 0 Å². The van der Waals surface area contributed by atoms with Gasteiger partial charge in [0.05, 0.1) is 5.39 Å². The van der Waals surface area contributed by atoms with E-state index in [1.807, 2.05) is 0 Å². The van der Waals surface area contributed by atoms with Crippen LogP contribution in [0.3, 0.4) is 0 Å². The molecule has 0 bridgehead atoms. The third-order valence-corrected chi connectivity index (χ3v) is 6.03. The van der Waals surface area contributed by atoms with Crippen molar-refractivity contribution in [1.29, 1.82) is 0 Å². The van der Waals surface area contributed by atoms with Crippen LogP contribution >= 0.6 is 0 Å². The van der Waals surface area contributed by atoms with Gasteiger partial charge in [-0.05, 0) is 65.6 Å². The van der Waals surface area contributed by atoms with E-state index >= 15 is 0 Å². The Balaban J connectivity index is 1.51. The van der Waals surface area contributed by atoms with Gasteiger partial charge in [0.1, 0.15) is 22.9 Å². The molecule has 0 aliphatic rings. The number of aryl methyl sites for hydroxylation is 3. The highest BCUT2D eigenvalue weighted by atomic mass is 19.3. The van der Waals surface area contributed by atoms with Crippen molar-refractivity contribution < 1.29 is 44.3 Å². The molecule has 0 saturated heterocycles. The van der Waals surface area contributed by atoms with E-state index < -0.39 is 63.5 Å². The maximum Gasteiger partial charge on any atom is 0.429 e. The highest BCUT2D eigenvalue weighted by Crippen LogP contribution is 2.35. The number of fused-ring (bicyclic) bond motifs is 1. The van der Waals surface area contributed by atoms with Crippen LogP contribution in [0, 0.1) is 40.7 Å². The lowest BCUT2D eigenvalue weighted by molar-refractivity contribution is -0.187. The SMILES string of the molecule is CCCc1ccc(C(F)(F)Oc2ccc(CCc3cc(F)c4c(F)c(F)c(F)cc4c3)c(F)c2)c(F)c1F. The van der Waals surface area contributed by atoms with Crippen LogP contribution < -0.4 is 4.74 Å². The second kappa shape index (κ2) is 10.6. The Morgan fingerprint density at radius 1 is 0.632 bits per heavy atom. The van der Waals surface area contributed by atoms with Crippen LogP contribution in [0.1, 0.15) is 35.6 Å². The molecule has 0 fully saturated rings. The first-order valence-corrected chi connectivity index (χ1v) is 11.5. The summed E-state index contributed by atoms with van der Waals surface area (Å²) in [6.07, 6.45) is -3.77. The smallest absolute Gasteiger partial charge is 0.429 e. The van der Waals surface area contributed by atoms with Gasteiger partial charge in [0.25, 0.3) is 0 Å². The van der Waals surface area contributed by atoms with Gasteiger partial charge in [-0.1, -0.05) is 31.5 Å². The number of benzene rings is 4. The van der Waals surface area contributed by atoms with Crippen LogP contribution in [-0.2, 0) is 25.4 Å². The first-order valence-electron chi connectivity index (χ1n) is 11.5. The van der Waals surface area contributed by atoms with Gasteiger partial charge in [0.2, 0.25) is 0 Å². The summed E-state index contributed by atoms with van der Waals surface area (Å²) < 4.78 is 132. The molecule has 0 atom stereocenters. The van der Waals surface area contributed by atoms with E-state index in [0.717, 1.165) is 24.3 Å². The van der Waals surface area contributed by atoms with E-state index in [1.54, 1.807) is 6.92 Å². The lowest BCUT2D eigenvalue weighted by Crippen LogP contribution is -2.24. The average Bonchev–Trinajstić information content (AvgIpc) is 2.84. The van der Waals surface area contributed by atoms with Gasteiger partial charge < -0.3 is 4.74 Å². The monoisotopic (exact) mass is 542 g/mol. The molecular weight excluding hydrogens is 523 g/mol. The zero-order valence-corrected chi connectivity index (χ0v) is 19.8. The van der Waals surface area contributed by atoms with Gasteiger partial charge in [-0.25, -0.2) is 30.7 Å². The summed E-state index contributed by atoms with van der Waals surface area (Å²) in [5, 5.41) is -0.952. The summed E-state index contributed by atoms with van der Waals surface area (Å²) in [5.41, 5.74) is -1.17. The molecule has 4 rings (SSSR count). The van der Waals surface area contributed by atoms with Gasteiger partial charge in [-0.3, -0.25) is 0 Å². The predicted molar refractivity (Wildman–Crippen MR) is 122 cm³/mol. The molecule has 0 amide bonds. The van der Waals surface area contributed by atoms with E-state index in [9.17, 15) is 39.5 Å². The van der Waals surface area contributed by atoms with E-state index in [1.165, 1.54) is 6.07 Å². The Labute approximate surface area is 211 Å². The lowest BCUT2D eigenvalue weighted by atomic mass is 10.00. The van der Waals surface area contributed by atoms with Crippen molar-refractivity contribution in [3.05, 3.63) is 112 Å². The number of alkyl halides is 2. The minimum absolute atomic E-state index is 0.0128. The molecule has 0 aromatic heterocycles. The Morgan fingerprint density at radius 3 is 2.03 bits per heavy atom. The molecule has 200 valence electrons. The Morgan fingerprint density at radius 2 is 1.34 bits per heavy atom. The number of halogens is 9. The molecule has 38 heavy (non-hydrogen) atoms. The molecule has 10 heteroatoms. The molecule has 0 aliphatic heterocycles. The maximum absolute atomic E-state index is 14.6. The van der Waals surface area contributed by atoms with Gasteiger partial charge in [0.15, 0.2) is 29.1 Å². The molecule has 1 nitrogen and oxygen atoms in total. The normalized spacial score (nSPS) is 11.8. The summed E-state index contributed by atoms with van der Waals surface area (Å²) in [7, 11) is 0. The lowest BCUT2D eigenvalue weighted by Gasteiger charge is -2.20. The molecule has 0 spiro atoms. The van der Waals surface area contributed by atoms with Crippen molar-refractivity contribution in [2.24, 2.45) is 0 Å². The van der Waals surface area contributed by atoms with Crippen molar-refractivity contribution in [2.75, 3.05) is 0 Å². The number of rotatable bonds is 8. The summed E-state index contributed by atoms with van der Waals surface area (Å²) in [4.78, 5) is 0. The first-order chi connectivity index (χ1) is 17.9. The second-order valence-electron chi connectivity index (χ2n) is 8.68. The third-order valence-electron chi connectivity index (χ3n) is 6.03. The van der Waals surface area contributed by atoms with Gasteiger partial charge in [-0.2, -0.15) is 8.78 Å². The molecule has 0 N–H and O–H groups in total. The maximum atomic E-state index is 14.6. The highest BCUT2D eigenvalue weighted by molar-refractivity contribution is 5.84. The number of hydrogen-bond acceptors (Lipinski definition) is 1. The standard InChI is InChI=1S/C28H19F9O/c1-2-3-16-7-9-19(25(33)24(16)32)28(36,37)38-18-8-6-15(20(29)13-18)5-4-14-10-17-12-22(31)26(34)27(35)23(17)21(30)11-14/h6-13H,2-5H2,1H3. The molecule has 0 unspecified atom stereocenters. The van der Waals surface area contributed by atoms with Crippen LogP contribution in [0.2, 0.25) is 0 Å². The van der Waals surface area contributed by atoms with E-state index in [4.69, 9.17) is 0 Å². The van der Waals surface area contributed by atoms with Gasteiger partial charge >= 0.3 is 6.11 Å².